The van der Waals surface area contributed by atoms with Gasteiger partial charge in [0.05, 0.1) is 22.5 Å². The van der Waals surface area contributed by atoms with E-state index in [1.807, 2.05) is 12.1 Å². The molecule has 2 aliphatic heterocycles. The van der Waals surface area contributed by atoms with E-state index in [0.29, 0.717) is 37.2 Å². The predicted octanol–water partition coefficient (Wildman–Crippen LogP) is 3.97. The number of carbonyl (C=O) groups is 1. The van der Waals surface area contributed by atoms with Crippen molar-refractivity contribution in [3.05, 3.63) is 77.0 Å². The van der Waals surface area contributed by atoms with Gasteiger partial charge in [-0.2, -0.15) is 18.4 Å². The number of carbonyl (C=O) groups excluding carboxylic acids is 1. The summed E-state index contributed by atoms with van der Waals surface area (Å²) >= 11 is 0. The van der Waals surface area contributed by atoms with Crippen LogP contribution in [0.15, 0.2) is 59.8 Å². The molecule has 3 heterocycles. The molecule has 2 saturated heterocycles. The fourth-order valence-corrected chi connectivity index (χ4v) is 6.48. The van der Waals surface area contributed by atoms with Crippen LogP contribution in [0.1, 0.15) is 39.9 Å². The van der Waals surface area contributed by atoms with Gasteiger partial charge in [-0.15, -0.1) is 0 Å². The van der Waals surface area contributed by atoms with Crippen molar-refractivity contribution in [2.24, 2.45) is 5.14 Å². The second kappa shape index (κ2) is 12.3. The van der Waals surface area contributed by atoms with Crippen LogP contribution in [-0.4, -0.2) is 69.5 Å². The molecule has 44 heavy (non-hydrogen) atoms. The first-order valence-electron chi connectivity index (χ1n) is 14.1. The van der Waals surface area contributed by atoms with E-state index >= 15 is 0 Å². The number of aryl methyl sites for hydroxylation is 1. The minimum Gasteiger partial charge on any atom is -0.382 e. The van der Waals surface area contributed by atoms with Crippen LogP contribution in [0.3, 0.4) is 0 Å². The van der Waals surface area contributed by atoms with Crippen molar-refractivity contribution in [1.82, 2.24) is 9.88 Å². The molecule has 1 aromatic heterocycles. The Morgan fingerprint density at radius 2 is 1.64 bits per heavy atom. The molecule has 0 unspecified atom stereocenters. The maximum atomic E-state index is 14.1. The second-order valence-electron chi connectivity index (χ2n) is 10.9. The summed E-state index contributed by atoms with van der Waals surface area (Å²) in [5.74, 6) is -0.403. The number of halogens is 3. The molecule has 5 rings (SSSR count). The van der Waals surface area contributed by atoms with Crippen molar-refractivity contribution in [1.29, 1.82) is 5.26 Å². The van der Waals surface area contributed by atoms with Crippen molar-refractivity contribution in [2.75, 3.05) is 54.4 Å². The van der Waals surface area contributed by atoms with Crippen LogP contribution < -0.4 is 20.3 Å². The number of nitrogens with one attached hydrogen (secondary N) is 1. The Balaban J connectivity index is 1.31. The van der Waals surface area contributed by atoms with Crippen LogP contribution in [-0.2, 0) is 16.2 Å². The van der Waals surface area contributed by atoms with Gasteiger partial charge in [0.15, 0.2) is 5.03 Å². The van der Waals surface area contributed by atoms with Crippen molar-refractivity contribution in [2.45, 2.75) is 37.0 Å². The highest BCUT2D eigenvalue weighted by Crippen LogP contribution is 2.38. The number of piperazine rings is 1. The number of pyridine rings is 1. The highest BCUT2D eigenvalue weighted by Gasteiger charge is 2.36. The lowest BCUT2D eigenvalue weighted by molar-refractivity contribution is -0.137. The van der Waals surface area contributed by atoms with Gasteiger partial charge < -0.3 is 20.0 Å². The predicted molar refractivity (Wildman–Crippen MR) is 160 cm³/mol. The normalized spacial score (nSPS) is 16.5. The molecular formula is C30H32F3N7O3S. The van der Waals surface area contributed by atoms with Gasteiger partial charge in [-0.25, -0.2) is 18.5 Å². The number of nitrogens with two attached hydrogens (primary N) is 1. The molecule has 0 bridgehead atoms. The van der Waals surface area contributed by atoms with Gasteiger partial charge >= 0.3 is 6.18 Å². The largest absolute Gasteiger partial charge is 0.418 e. The quantitative estimate of drug-likeness (QED) is 0.419. The van der Waals surface area contributed by atoms with Gasteiger partial charge in [-0.05, 0) is 61.7 Å². The van der Waals surface area contributed by atoms with Gasteiger partial charge in [-0.1, -0.05) is 12.1 Å². The third kappa shape index (κ3) is 6.58. The maximum Gasteiger partial charge on any atom is 0.418 e. The molecule has 0 atom stereocenters. The topological polar surface area (TPSA) is 136 Å². The van der Waals surface area contributed by atoms with E-state index in [1.54, 1.807) is 34.1 Å². The van der Waals surface area contributed by atoms with E-state index < -0.39 is 27.7 Å². The molecule has 1 amide bonds. The summed E-state index contributed by atoms with van der Waals surface area (Å²) in [5.41, 5.74) is 1.09. The van der Waals surface area contributed by atoms with Crippen LogP contribution in [0.2, 0.25) is 0 Å². The summed E-state index contributed by atoms with van der Waals surface area (Å²) in [6, 6.07) is 14.7. The van der Waals surface area contributed by atoms with Crippen LogP contribution in [0.5, 0.6) is 0 Å². The molecule has 2 aliphatic rings. The van der Waals surface area contributed by atoms with E-state index in [-0.39, 0.29) is 54.1 Å². The zero-order chi connectivity index (χ0) is 31.6. The number of hydrogen-bond donors (Lipinski definition) is 2. The number of piperidine rings is 1. The number of aromatic nitrogens is 1. The molecule has 0 aliphatic carbocycles. The molecule has 232 valence electrons. The third-order valence-electron chi connectivity index (χ3n) is 8.05. The van der Waals surface area contributed by atoms with Gasteiger partial charge in [0, 0.05) is 62.8 Å². The number of para-hydroxylation sites is 1. The average molecular weight is 628 g/mol. The summed E-state index contributed by atoms with van der Waals surface area (Å²) in [5, 5.41) is 17.6. The Labute approximate surface area is 253 Å². The van der Waals surface area contributed by atoms with Crippen LogP contribution in [0, 0.1) is 18.3 Å². The average Bonchev–Trinajstić information content (AvgIpc) is 3.01. The summed E-state index contributed by atoms with van der Waals surface area (Å²) in [4.78, 5) is 22.9. The summed E-state index contributed by atoms with van der Waals surface area (Å²) in [6.07, 6.45) is -2.20. The van der Waals surface area contributed by atoms with Crippen molar-refractivity contribution < 1.29 is 26.4 Å². The van der Waals surface area contributed by atoms with Gasteiger partial charge in [-0.3, -0.25) is 4.79 Å². The van der Waals surface area contributed by atoms with Crippen LogP contribution in [0.4, 0.5) is 30.2 Å². The lowest BCUT2D eigenvalue weighted by Crippen LogP contribution is -2.49. The number of primary sulfonamides is 1. The first-order chi connectivity index (χ1) is 20.9. The number of anilines is 3. The van der Waals surface area contributed by atoms with E-state index in [0.717, 1.165) is 11.8 Å². The molecule has 0 radical (unpaired) electrons. The molecular weight excluding hydrogens is 595 g/mol. The van der Waals surface area contributed by atoms with Gasteiger partial charge in [0.1, 0.15) is 6.07 Å². The van der Waals surface area contributed by atoms with Crippen LogP contribution in [0.25, 0.3) is 0 Å². The minimum atomic E-state index is -4.63. The lowest BCUT2D eigenvalue weighted by atomic mass is 9.98. The number of hydrogen-bond acceptors (Lipinski definition) is 8. The molecule has 0 saturated carbocycles. The molecule has 2 aromatic carbocycles. The fraction of sp³-hybridized carbons (Fsp3) is 0.367. The smallest absolute Gasteiger partial charge is 0.382 e. The van der Waals surface area contributed by atoms with Gasteiger partial charge in [0.2, 0.25) is 0 Å². The second-order valence-corrected chi connectivity index (χ2v) is 12.4. The van der Waals surface area contributed by atoms with Crippen molar-refractivity contribution >= 4 is 33.0 Å². The molecule has 3 aromatic rings. The Morgan fingerprint density at radius 3 is 2.27 bits per heavy atom. The third-order valence-corrected chi connectivity index (χ3v) is 8.90. The van der Waals surface area contributed by atoms with E-state index in [1.165, 1.54) is 19.2 Å². The monoisotopic (exact) mass is 627 g/mol. The number of alkyl halides is 3. The number of benzene rings is 2. The van der Waals surface area contributed by atoms with E-state index in [9.17, 15) is 31.6 Å². The number of nitrogens with zero attached hydrogens (tertiary/aromatic N) is 5. The van der Waals surface area contributed by atoms with Gasteiger partial charge in [0.25, 0.3) is 15.9 Å². The summed E-state index contributed by atoms with van der Waals surface area (Å²) in [7, 11) is -4.06. The molecule has 14 heteroatoms. The SMILES string of the molecule is Cc1cc(C(F)(F)F)c(NC2CCN(c3ccccc3C#N)CC2)cc1C(=O)N1CCN(c2cccnc2S(N)(=O)=O)CC1. The molecule has 10 nitrogen and oxygen atoms in total. The lowest BCUT2D eigenvalue weighted by Gasteiger charge is -2.37. The minimum absolute atomic E-state index is 0.144. The Hall–Kier alpha value is -4.35. The maximum absolute atomic E-state index is 14.1. The Kier molecular flexibility index (Phi) is 8.71. The number of rotatable bonds is 6. The summed E-state index contributed by atoms with van der Waals surface area (Å²) in [6.45, 7) is 3.64. The van der Waals surface area contributed by atoms with E-state index in [4.69, 9.17) is 5.14 Å². The van der Waals surface area contributed by atoms with Crippen molar-refractivity contribution in [3.8, 4) is 6.07 Å². The highest BCUT2D eigenvalue weighted by molar-refractivity contribution is 7.89. The zero-order valence-corrected chi connectivity index (χ0v) is 24.8. The molecule has 2 fully saturated rings. The van der Waals surface area contributed by atoms with Crippen LogP contribution >= 0.6 is 0 Å². The number of nitriles is 1. The zero-order valence-electron chi connectivity index (χ0n) is 24.0. The summed E-state index contributed by atoms with van der Waals surface area (Å²) < 4.78 is 66.4. The number of amides is 1. The number of sulfonamides is 1. The molecule has 3 N–H and O–H groups in total. The first kappa shape index (κ1) is 31.1. The standard InChI is InChI=1S/C30H32F3N7O3S/c1-20-17-24(30(31,32)33)25(37-22-8-11-38(12-9-22)26-6-3-2-5-21(26)19-34)18-23(20)29(41)40-15-13-39(14-16-40)27-7-4-10-36-28(27)44(35,42)43/h2-7,10,17-18,22,37H,8-9,11-16H2,1H3,(H2,35,42,43). The van der Waals surface area contributed by atoms with Crippen molar-refractivity contribution in [3.63, 3.8) is 0 Å². The van der Waals surface area contributed by atoms with E-state index in [2.05, 4.69) is 21.3 Å². The Morgan fingerprint density at radius 1 is 1.00 bits per heavy atom. The first-order valence-corrected chi connectivity index (χ1v) is 15.7. The highest BCUT2D eigenvalue weighted by atomic mass is 32.2. The molecule has 0 spiro atoms. The Bertz CT molecular complexity index is 1690. The fourth-order valence-electron chi connectivity index (χ4n) is 5.78.